The number of benzene rings is 1. The highest BCUT2D eigenvalue weighted by molar-refractivity contribution is 9.10. The number of aryl methyl sites for hydroxylation is 1. The lowest BCUT2D eigenvalue weighted by atomic mass is 9.98. The Kier molecular flexibility index (Phi) is 3.00. The van der Waals surface area contributed by atoms with Gasteiger partial charge in [-0.3, -0.25) is 0 Å². The van der Waals surface area contributed by atoms with Crippen LogP contribution in [0, 0.1) is 6.92 Å². The quantitative estimate of drug-likeness (QED) is 0.897. The van der Waals surface area contributed by atoms with Gasteiger partial charge in [-0.15, -0.1) is 0 Å². The molecule has 0 saturated heterocycles. The van der Waals surface area contributed by atoms with Crippen molar-refractivity contribution in [1.82, 2.24) is 0 Å². The minimum Gasteiger partial charge on any atom is -0.475 e. The predicted molar refractivity (Wildman–Crippen MR) is 69.7 cm³/mol. The Hall–Kier alpha value is -1.29. The van der Waals surface area contributed by atoms with Crippen LogP contribution >= 0.6 is 15.9 Å². The summed E-state index contributed by atoms with van der Waals surface area (Å²) in [6.07, 6.45) is 0. The summed E-state index contributed by atoms with van der Waals surface area (Å²) in [5, 5.41) is 10.1. The standard InChI is InChI=1S/C13H13BrO3/c1-6(2)9-10-8(14)5-4-7(3)11(10)17-12(9)13(15)16/h4-6H,1-3H3,(H,15,16). The molecule has 90 valence electrons. The van der Waals surface area contributed by atoms with Gasteiger partial charge in [-0.1, -0.05) is 35.8 Å². The zero-order valence-corrected chi connectivity index (χ0v) is 11.5. The van der Waals surface area contributed by atoms with E-state index in [1.165, 1.54) is 0 Å². The fourth-order valence-electron chi connectivity index (χ4n) is 2.03. The molecule has 1 N–H and O–H groups in total. The Labute approximate surface area is 108 Å². The molecular formula is C13H13BrO3. The van der Waals surface area contributed by atoms with Crippen molar-refractivity contribution >= 4 is 32.9 Å². The van der Waals surface area contributed by atoms with Gasteiger partial charge in [-0.2, -0.15) is 0 Å². The molecule has 1 aromatic carbocycles. The van der Waals surface area contributed by atoms with Crippen LogP contribution in [0.4, 0.5) is 0 Å². The number of aromatic carboxylic acids is 1. The first-order valence-electron chi connectivity index (χ1n) is 5.38. The first-order chi connectivity index (χ1) is 7.93. The van der Waals surface area contributed by atoms with Crippen LogP contribution in [0.1, 0.15) is 41.4 Å². The first kappa shape index (κ1) is 12.2. The molecule has 0 bridgehead atoms. The summed E-state index contributed by atoms with van der Waals surface area (Å²) in [4.78, 5) is 11.2. The third-order valence-electron chi connectivity index (χ3n) is 2.79. The van der Waals surface area contributed by atoms with E-state index in [4.69, 9.17) is 4.42 Å². The van der Waals surface area contributed by atoms with Crippen LogP contribution in [-0.4, -0.2) is 11.1 Å². The number of furan rings is 1. The largest absolute Gasteiger partial charge is 0.475 e. The van der Waals surface area contributed by atoms with Crippen molar-refractivity contribution in [3.63, 3.8) is 0 Å². The van der Waals surface area contributed by atoms with E-state index in [2.05, 4.69) is 15.9 Å². The summed E-state index contributed by atoms with van der Waals surface area (Å²) in [7, 11) is 0. The van der Waals surface area contributed by atoms with Gasteiger partial charge in [-0.05, 0) is 24.5 Å². The van der Waals surface area contributed by atoms with Crippen LogP contribution in [0.25, 0.3) is 11.0 Å². The minimum absolute atomic E-state index is 0.0463. The molecule has 0 saturated carbocycles. The minimum atomic E-state index is -1.02. The highest BCUT2D eigenvalue weighted by atomic mass is 79.9. The SMILES string of the molecule is Cc1ccc(Br)c2c(C(C)C)c(C(=O)O)oc12. The number of hydrogen-bond acceptors (Lipinski definition) is 2. The third kappa shape index (κ3) is 1.86. The van der Waals surface area contributed by atoms with Crippen LogP contribution in [0.3, 0.4) is 0 Å². The van der Waals surface area contributed by atoms with Gasteiger partial charge in [-0.25, -0.2) is 4.79 Å². The molecule has 0 spiro atoms. The molecule has 0 aliphatic carbocycles. The lowest BCUT2D eigenvalue weighted by Crippen LogP contribution is -2.00. The van der Waals surface area contributed by atoms with Crippen LogP contribution in [-0.2, 0) is 0 Å². The van der Waals surface area contributed by atoms with Crippen LogP contribution in [0.2, 0.25) is 0 Å². The van der Waals surface area contributed by atoms with Gasteiger partial charge in [0, 0.05) is 15.4 Å². The maximum atomic E-state index is 11.2. The second-order valence-electron chi connectivity index (χ2n) is 4.37. The fraction of sp³-hybridized carbons (Fsp3) is 0.308. The zero-order chi connectivity index (χ0) is 12.7. The number of carboxylic acids is 1. The maximum absolute atomic E-state index is 11.2. The molecule has 0 aliphatic rings. The number of hydrogen-bond donors (Lipinski definition) is 1. The van der Waals surface area contributed by atoms with Crippen LogP contribution in [0.15, 0.2) is 21.0 Å². The molecule has 1 aromatic heterocycles. The van der Waals surface area contributed by atoms with E-state index < -0.39 is 5.97 Å². The molecule has 17 heavy (non-hydrogen) atoms. The van der Waals surface area contributed by atoms with Crippen molar-refractivity contribution < 1.29 is 14.3 Å². The second kappa shape index (κ2) is 4.18. The number of fused-ring (bicyclic) bond motifs is 1. The van der Waals surface area contributed by atoms with Gasteiger partial charge in [0.25, 0.3) is 0 Å². The molecule has 0 aliphatic heterocycles. The molecule has 0 radical (unpaired) electrons. The first-order valence-corrected chi connectivity index (χ1v) is 6.17. The summed E-state index contributed by atoms with van der Waals surface area (Å²) in [6.45, 7) is 5.84. The summed E-state index contributed by atoms with van der Waals surface area (Å²) in [6, 6.07) is 3.83. The van der Waals surface area contributed by atoms with E-state index >= 15 is 0 Å². The number of rotatable bonds is 2. The smallest absolute Gasteiger partial charge is 0.372 e. The van der Waals surface area contributed by atoms with Crippen molar-refractivity contribution in [1.29, 1.82) is 0 Å². The van der Waals surface area contributed by atoms with Gasteiger partial charge in [0.1, 0.15) is 5.58 Å². The van der Waals surface area contributed by atoms with Crippen LogP contribution < -0.4 is 0 Å². The van der Waals surface area contributed by atoms with Gasteiger partial charge in [0.2, 0.25) is 5.76 Å². The van der Waals surface area contributed by atoms with Crippen LogP contribution in [0.5, 0.6) is 0 Å². The van der Waals surface area contributed by atoms with E-state index in [-0.39, 0.29) is 11.7 Å². The molecule has 0 amide bonds. The summed E-state index contributed by atoms with van der Waals surface area (Å²) in [5.41, 5.74) is 2.35. The van der Waals surface area contributed by atoms with E-state index in [1.54, 1.807) is 0 Å². The van der Waals surface area contributed by atoms with Gasteiger partial charge in [0.05, 0.1) is 0 Å². The molecule has 1 heterocycles. The third-order valence-corrected chi connectivity index (χ3v) is 3.45. The Bertz CT molecular complexity index is 596. The Balaban J connectivity index is 2.95. The van der Waals surface area contributed by atoms with E-state index in [0.717, 1.165) is 21.0 Å². The summed E-state index contributed by atoms with van der Waals surface area (Å²) >= 11 is 3.46. The van der Waals surface area contributed by atoms with E-state index in [1.807, 2.05) is 32.9 Å². The molecule has 2 rings (SSSR count). The van der Waals surface area contributed by atoms with Crippen molar-refractivity contribution in [2.24, 2.45) is 0 Å². The van der Waals surface area contributed by atoms with Gasteiger partial charge in [0.15, 0.2) is 0 Å². The Morgan fingerprint density at radius 1 is 1.41 bits per heavy atom. The zero-order valence-electron chi connectivity index (χ0n) is 9.87. The molecule has 0 fully saturated rings. The maximum Gasteiger partial charge on any atom is 0.372 e. The molecule has 3 nitrogen and oxygen atoms in total. The topological polar surface area (TPSA) is 50.4 Å². The van der Waals surface area contributed by atoms with Crippen molar-refractivity contribution in [3.05, 3.63) is 33.5 Å². The Morgan fingerprint density at radius 3 is 2.59 bits per heavy atom. The lowest BCUT2D eigenvalue weighted by molar-refractivity contribution is 0.0662. The molecule has 4 heteroatoms. The molecule has 0 unspecified atom stereocenters. The highest BCUT2D eigenvalue weighted by Gasteiger charge is 2.24. The van der Waals surface area contributed by atoms with E-state index in [9.17, 15) is 9.90 Å². The van der Waals surface area contributed by atoms with Crippen molar-refractivity contribution in [2.75, 3.05) is 0 Å². The summed E-state index contributed by atoms with van der Waals surface area (Å²) < 4.78 is 6.38. The second-order valence-corrected chi connectivity index (χ2v) is 5.23. The average Bonchev–Trinajstić information content (AvgIpc) is 2.64. The summed E-state index contributed by atoms with van der Waals surface area (Å²) in [5.74, 6) is -0.873. The number of carbonyl (C=O) groups is 1. The predicted octanol–water partition coefficient (Wildman–Crippen LogP) is 4.33. The van der Waals surface area contributed by atoms with Crippen molar-refractivity contribution in [3.8, 4) is 0 Å². The Morgan fingerprint density at radius 2 is 2.06 bits per heavy atom. The monoisotopic (exact) mass is 296 g/mol. The molecular weight excluding hydrogens is 284 g/mol. The number of halogens is 1. The van der Waals surface area contributed by atoms with Gasteiger partial charge >= 0.3 is 5.97 Å². The normalized spacial score (nSPS) is 11.4. The van der Waals surface area contributed by atoms with Gasteiger partial charge < -0.3 is 9.52 Å². The van der Waals surface area contributed by atoms with E-state index in [0.29, 0.717) is 5.58 Å². The molecule has 2 aromatic rings. The lowest BCUT2D eigenvalue weighted by Gasteiger charge is -2.05. The molecule has 0 atom stereocenters. The fourth-order valence-corrected chi connectivity index (χ4v) is 2.55. The highest BCUT2D eigenvalue weighted by Crippen LogP contribution is 2.38. The van der Waals surface area contributed by atoms with Crippen molar-refractivity contribution in [2.45, 2.75) is 26.7 Å². The average molecular weight is 297 g/mol. The number of carboxylic acid groups (broad SMARTS) is 1.